The first-order valence-electron chi connectivity index (χ1n) is 8.20. The monoisotopic (exact) mass is 408 g/mol. The summed E-state index contributed by atoms with van der Waals surface area (Å²) in [6.45, 7) is 5.16. The second-order valence-electron chi connectivity index (χ2n) is 6.87. The summed E-state index contributed by atoms with van der Waals surface area (Å²) in [5.41, 5.74) is -1.10. The first-order valence-corrected chi connectivity index (χ1v) is 8.20. The summed E-state index contributed by atoms with van der Waals surface area (Å²) in [7, 11) is 0. The molecule has 0 saturated heterocycles. The van der Waals surface area contributed by atoms with E-state index in [-0.39, 0.29) is 17.4 Å². The second kappa shape index (κ2) is 8.26. The van der Waals surface area contributed by atoms with E-state index in [2.05, 4.69) is 27.1 Å². The summed E-state index contributed by atoms with van der Waals surface area (Å²) in [4.78, 5) is 30.5. The van der Waals surface area contributed by atoms with Crippen molar-refractivity contribution in [3.63, 3.8) is 0 Å². The Morgan fingerprint density at radius 1 is 1.00 bits per heavy atom. The van der Waals surface area contributed by atoms with Crippen LogP contribution in [0.1, 0.15) is 32.0 Å². The molecular weight excluding hydrogens is 392 g/mol. The van der Waals surface area contributed by atoms with Crippen molar-refractivity contribution in [1.82, 2.24) is 9.97 Å². The third-order valence-corrected chi connectivity index (χ3v) is 3.37. The van der Waals surface area contributed by atoms with E-state index < -0.39 is 29.1 Å². The average molecular weight is 408 g/mol. The van der Waals surface area contributed by atoms with E-state index in [1.54, 1.807) is 26.1 Å². The van der Waals surface area contributed by atoms with Gasteiger partial charge in [0.15, 0.2) is 0 Å². The van der Waals surface area contributed by atoms with Gasteiger partial charge in [0.1, 0.15) is 11.5 Å². The maximum atomic E-state index is 13.4. The summed E-state index contributed by atoms with van der Waals surface area (Å²) in [5.74, 6) is 1.73. The number of anilines is 2. The van der Waals surface area contributed by atoms with Gasteiger partial charge in [-0.15, -0.1) is 0 Å². The van der Waals surface area contributed by atoms with Crippen LogP contribution in [-0.2, 0) is 9.59 Å². The van der Waals surface area contributed by atoms with E-state index in [0.29, 0.717) is 5.56 Å². The van der Waals surface area contributed by atoms with Gasteiger partial charge in [-0.2, -0.15) is 17.6 Å². The zero-order chi connectivity index (χ0) is 21.8. The third kappa shape index (κ3) is 6.27. The number of halogens is 4. The lowest BCUT2D eigenvalue weighted by Gasteiger charge is -2.17. The fourth-order valence-electron chi connectivity index (χ4n) is 1.84. The SMILES string of the molecule is CC(C)(C)C(=O)Nc1cc(C#Cc2nc(F)ccc2NC(=O)C(F)(F)F)ccn1. The fourth-order valence-corrected chi connectivity index (χ4v) is 1.84. The molecule has 152 valence electrons. The van der Waals surface area contributed by atoms with Crippen LogP contribution in [0.5, 0.6) is 0 Å². The number of rotatable bonds is 2. The number of carbonyl (C=O) groups excluding carboxylic acids is 2. The summed E-state index contributed by atoms with van der Waals surface area (Å²) in [5, 5.41) is 4.21. The second-order valence-corrected chi connectivity index (χ2v) is 6.87. The zero-order valence-electron chi connectivity index (χ0n) is 15.6. The van der Waals surface area contributed by atoms with Gasteiger partial charge < -0.3 is 10.6 Å². The van der Waals surface area contributed by atoms with Gasteiger partial charge in [0.05, 0.1) is 5.69 Å². The number of nitrogens with zero attached hydrogens (tertiary/aromatic N) is 2. The Morgan fingerprint density at radius 3 is 2.31 bits per heavy atom. The van der Waals surface area contributed by atoms with Crippen molar-refractivity contribution in [1.29, 1.82) is 0 Å². The fraction of sp³-hybridized carbons (Fsp3) is 0.263. The van der Waals surface area contributed by atoms with Crippen LogP contribution in [0.15, 0.2) is 30.5 Å². The van der Waals surface area contributed by atoms with Crippen LogP contribution in [0.4, 0.5) is 29.1 Å². The number of aromatic nitrogens is 2. The van der Waals surface area contributed by atoms with Gasteiger partial charge in [0.25, 0.3) is 0 Å². The molecule has 0 atom stereocenters. The molecule has 0 fully saturated rings. The number of carbonyl (C=O) groups is 2. The molecule has 0 aliphatic rings. The van der Waals surface area contributed by atoms with Crippen molar-refractivity contribution in [3.8, 4) is 11.8 Å². The van der Waals surface area contributed by atoms with Crippen molar-refractivity contribution in [3.05, 3.63) is 47.7 Å². The minimum Gasteiger partial charge on any atom is -0.316 e. The lowest BCUT2D eigenvalue weighted by molar-refractivity contribution is -0.167. The van der Waals surface area contributed by atoms with Crippen LogP contribution in [-0.4, -0.2) is 28.0 Å². The van der Waals surface area contributed by atoms with Crippen molar-refractivity contribution in [2.75, 3.05) is 10.6 Å². The standard InChI is InChI=1S/C19H16F4N4O2/c1-18(2,3)16(28)27-15-10-11(8-9-24-15)4-5-12-13(6-7-14(20)25-12)26-17(29)19(21,22)23/h6-10H,1-3H3,(H,26,29)(H,24,27,28). The van der Waals surface area contributed by atoms with Crippen molar-refractivity contribution >= 4 is 23.3 Å². The molecule has 0 bridgehead atoms. The van der Waals surface area contributed by atoms with E-state index >= 15 is 0 Å². The van der Waals surface area contributed by atoms with Crippen LogP contribution in [0, 0.1) is 23.2 Å². The van der Waals surface area contributed by atoms with Crippen LogP contribution >= 0.6 is 0 Å². The molecule has 29 heavy (non-hydrogen) atoms. The van der Waals surface area contributed by atoms with Gasteiger partial charge in [-0.25, -0.2) is 9.97 Å². The molecule has 0 spiro atoms. The minimum atomic E-state index is -5.12. The van der Waals surface area contributed by atoms with Gasteiger partial charge >= 0.3 is 12.1 Å². The molecule has 0 aliphatic carbocycles. The molecule has 2 heterocycles. The van der Waals surface area contributed by atoms with Crippen LogP contribution in [0.2, 0.25) is 0 Å². The van der Waals surface area contributed by atoms with Crippen molar-refractivity contribution < 1.29 is 27.2 Å². The highest BCUT2D eigenvalue weighted by molar-refractivity contribution is 5.96. The Bertz CT molecular complexity index is 1000. The van der Waals surface area contributed by atoms with Gasteiger partial charge in [-0.3, -0.25) is 9.59 Å². The highest BCUT2D eigenvalue weighted by Gasteiger charge is 2.39. The topological polar surface area (TPSA) is 84.0 Å². The number of pyridine rings is 2. The lowest BCUT2D eigenvalue weighted by Crippen LogP contribution is -2.30. The van der Waals surface area contributed by atoms with E-state index in [4.69, 9.17) is 0 Å². The molecule has 0 radical (unpaired) electrons. The number of alkyl halides is 3. The first-order chi connectivity index (χ1) is 13.4. The Hall–Kier alpha value is -3.48. The highest BCUT2D eigenvalue weighted by atomic mass is 19.4. The summed E-state index contributed by atoms with van der Waals surface area (Å²) in [6.07, 6.45) is -3.75. The predicted molar refractivity (Wildman–Crippen MR) is 97.2 cm³/mol. The molecule has 6 nitrogen and oxygen atoms in total. The zero-order valence-corrected chi connectivity index (χ0v) is 15.6. The lowest BCUT2D eigenvalue weighted by atomic mass is 9.96. The Balaban J connectivity index is 2.30. The molecule has 2 rings (SSSR count). The molecule has 0 aliphatic heterocycles. The van der Waals surface area contributed by atoms with Crippen molar-refractivity contribution in [2.45, 2.75) is 26.9 Å². The number of amides is 2. The molecule has 2 amide bonds. The molecule has 2 aromatic rings. The van der Waals surface area contributed by atoms with Crippen LogP contribution in [0.25, 0.3) is 0 Å². The minimum absolute atomic E-state index is 0.217. The van der Waals surface area contributed by atoms with Crippen LogP contribution < -0.4 is 10.6 Å². The molecule has 0 unspecified atom stereocenters. The van der Waals surface area contributed by atoms with Gasteiger partial charge in [-0.05, 0) is 30.2 Å². The largest absolute Gasteiger partial charge is 0.471 e. The van der Waals surface area contributed by atoms with Crippen LogP contribution in [0.3, 0.4) is 0 Å². The Morgan fingerprint density at radius 2 is 1.69 bits per heavy atom. The molecule has 10 heteroatoms. The predicted octanol–water partition coefficient (Wildman–Crippen LogP) is 3.50. The number of hydrogen-bond acceptors (Lipinski definition) is 4. The van der Waals surface area contributed by atoms with E-state index in [9.17, 15) is 27.2 Å². The van der Waals surface area contributed by atoms with Crippen molar-refractivity contribution in [2.24, 2.45) is 5.41 Å². The van der Waals surface area contributed by atoms with Gasteiger partial charge in [0.2, 0.25) is 11.9 Å². The molecule has 2 N–H and O–H groups in total. The number of hydrogen-bond donors (Lipinski definition) is 2. The van der Waals surface area contributed by atoms with E-state index in [1.165, 1.54) is 18.3 Å². The Labute approximate surface area is 163 Å². The average Bonchev–Trinajstić information content (AvgIpc) is 2.60. The summed E-state index contributed by atoms with van der Waals surface area (Å²) in [6, 6.07) is 4.64. The molecule has 0 aromatic carbocycles. The van der Waals surface area contributed by atoms with E-state index in [0.717, 1.165) is 12.1 Å². The maximum Gasteiger partial charge on any atom is 0.471 e. The maximum absolute atomic E-state index is 13.4. The summed E-state index contributed by atoms with van der Waals surface area (Å²) >= 11 is 0. The number of nitrogens with one attached hydrogen (secondary N) is 2. The van der Waals surface area contributed by atoms with E-state index in [1.807, 2.05) is 0 Å². The smallest absolute Gasteiger partial charge is 0.316 e. The van der Waals surface area contributed by atoms with Gasteiger partial charge in [-0.1, -0.05) is 26.7 Å². The first kappa shape index (κ1) is 21.8. The Kier molecular flexibility index (Phi) is 6.21. The quantitative estimate of drug-likeness (QED) is 0.453. The molecule has 0 saturated carbocycles. The molecular formula is C19H16F4N4O2. The molecule has 2 aromatic heterocycles. The normalized spacial score (nSPS) is 11.3. The third-order valence-electron chi connectivity index (χ3n) is 3.37. The highest BCUT2D eigenvalue weighted by Crippen LogP contribution is 2.20. The van der Waals surface area contributed by atoms with Gasteiger partial charge in [0, 0.05) is 17.2 Å². The summed E-state index contributed by atoms with van der Waals surface area (Å²) < 4.78 is 50.7.